The molecule has 1 amide bonds. The highest BCUT2D eigenvalue weighted by atomic mass is 19.2. The number of anilines is 1. The third-order valence-corrected chi connectivity index (χ3v) is 4.20. The SMILES string of the molecule is Cc1ccc(-c2cn3cccnc3n2)cc1NC(=O)c1ccc(F)c(F)c1. The number of amides is 1. The lowest BCUT2D eigenvalue weighted by molar-refractivity contribution is 0.102. The van der Waals surface area contributed by atoms with Gasteiger partial charge in [-0.25, -0.2) is 18.7 Å². The lowest BCUT2D eigenvalue weighted by Gasteiger charge is -2.10. The van der Waals surface area contributed by atoms with Crippen LogP contribution in [0.4, 0.5) is 14.5 Å². The average molecular weight is 364 g/mol. The molecule has 0 atom stereocenters. The number of benzene rings is 2. The van der Waals surface area contributed by atoms with E-state index in [0.29, 0.717) is 17.2 Å². The van der Waals surface area contributed by atoms with Gasteiger partial charge in [0.2, 0.25) is 5.78 Å². The standard InChI is InChI=1S/C20H14F2N4O/c1-12-3-4-13(18-11-26-8-2-7-23-20(26)25-18)10-17(12)24-19(27)14-5-6-15(21)16(22)9-14/h2-11H,1H3,(H,24,27). The van der Waals surface area contributed by atoms with Gasteiger partial charge in [-0.05, 0) is 42.8 Å². The number of halogens is 2. The topological polar surface area (TPSA) is 59.3 Å². The van der Waals surface area contributed by atoms with Crippen molar-refractivity contribution in [2.75, 3.05) is 5.32 Å². The number of rotatable bonds is 3. The second-order valence-corrected chi connectivity index (χ2v) is 6.07. The highest BCUT2D eigenvalue weighted by Gasteiger charge is 2.13. The number of aromatic nitrogens is 3. The maximum Gasteiger partial charge on any atom is 0.255 e. The molecular formula is C20H14F2N4O. The first-order valence-electron chi connectivity index (χ1n) is 8.18. The van der Waals surface area contributed by atoms with Crippen LogP contribution in [0.3, 0.4) is 0 Å². The second-order valence-electron chi connectivity index (χ2n) is 6.07. The van der Waals surface area contributed by atoms with Crippen molar-refractivity contribution < 1.29 is 13.6 Å². The molecule has 0 aliphatic carbocycles. The highest BCUT2D eigenvalue weighted by molar-refractivity contribution is 6.04. The molecule has 0 fully saturated rings. The van der Waals surface area contributed by atoms with Crippen molar-refractivity contribution in [1.29, 1.82) is 0 Å². The summed E-state index contributed by atoms with van der Waals surface area (Å²) in [5.41, 5.74) is 2.93. The number of fused-ring (bicyclic) bond motifs is 1. The van der Waals surface area contributed by atoms with Crippen molar-refractivity contribution in [1.82, 2.24) is 14.4 Å². The van der Waals surface area contributed by atoms with Crippen molar-refractivity contribution in [2.24, 2.45) is 0 Å². The van der Waals surface area contributed by atoms with E-state index in [4.69, 9.17) is 0 Å². The maximum absolute atomic E-state index is 13.4. The summed E-state index contributed by atoms with van der Waals surface area (Å²) < 4.78 is 28.2. The van der Waals surface area contributed by atoms with E-state index in [1.165, 1.54) is 6.07 Å². The molecule has 0 spiro atoms. The Bertz CT molecular complexity index is 1140. The molecule has 0 radical (unpaired) electrons. The number of imidazole rings is 1. The van der Waals surface area contributed by atoms with Crippen LogP contribution in [0.1, 0.15) is 15.9 Å². The molecule has 2 aromatic heterocycles. The van der Waals surface area contributed by atoms with Gasteiger partial charge in [0.15, 0.2) is 11.6 Å². The molecule has 1 N–H and O–H groups in total. The van der Waals surface area contributed by atoms with Crippen molar-refractivity contribution in [3.8, 4) is 11.3 Å². The summed E-state index contributed by atoms with van der Waals surface area (Å²) in [4.78, 5) is 21.0. The summed E-state index contributed by atoms with van der Waals surface area (Å²) in [7, 11) is 0. The van der Waals surface area contributed by atoms with Gasteiger partial charge in [-0.15, -0.1) is 0 Å². The molecule has 4 aromatic rings. The van der Waals surface area contributed by atoms with E-state index >= 15 is 0 Å². The van der Waals surface area contributed by atoms with Crippen LogP contribution in [-0.2, 0) is 0 Å². The molecule has 2 aromatic carbocycles. The molecule has 0 aliphatic rings. The monoisotopic (exact) mass is 364 g/mol. The summed E-state index contributed by atoms with van der Waals surface area (Å²) in [6.07, 6.45) is 5.35. The van der Waals surface area contributed by atoms with Crippen LogP contribution in [-0.4, -0.2) is 20.3 Å². The summed E-state index contributed by atoms with van der Waals surface area (Å²) in [5, 5.41) is 2.74. The molecule has 0 bridgehead atoms. The zero-order valence-electron chi connectivity index (χ0n) is 14.3. The second kappa shape index (κ2) is 6.60. The van der Waals surface area contributed by atoms with E-state index in [0.717, 1.165) is 23.3 Å². The Labute approximate surface area is 153 Å². The zero-order valence-corrected chi connectivity index (χ0v) is 14.3. The van der Waals surface area contributed by atoms with Crippen molar-refractivity contribution >= 4 is 17.4 Å². The molecule has 134 valence electrons. The number of nitrogens with zero attached hydrogens (tertiary/aromatic N) is 3. The fourth-order valence-corrected chi connectivity index (χ4v) is 2.72. The predicted octanol–water partition coefficient (Wildman–Crippen LogP) is 4.24. The van der Waals surface area contributed by atoms with Gasteiger partial charge in [-0.3, -0.25) is 9.20 Å². The Morgan fingerprint density at radius 3 is 2.74 bits per heavy atom. The lowest BCUT2D eigenvalue weighted by atomic mass is 10.1. The minimum Gasteiger partial charge on any atom is -0.322 e. The van der Waals surface area contributed by atoms with Crippen molar-refractivity contribution in [2.45, 2.75) is 6.92 Å². The Hall–Kier alpha value is -3.61. The number of carbonyl (C=O) groups excluding carboxylic acids is 1. The zero-order chi connectivity index (χ0) is 19.0. The predicted molar refractivity (Wildman–Crippen MR) is 97.5 cm³/mol. The van der Waals surface area contributed by atoms with E-state index in [2.05, 4.69) is 15.3 Å². The summed E-state index contributed by atoms with van der Waals surface area (Å²) in [6, 6.07) is 10.4. The van der Waals surface area contributed by atoms with E-state index < -0.39 is 17.5 Å². The Morgan fingerprint density at radius 1 is 1.11 bits per heavy atom. The van der Waals surface area contributed by atoms with Crippen LogP contribution < -0.4 is 5.32 Å². The smallest absolute Gasteiger partial charge is 0.255 e. The summed E-state index contributed by atoms with van der Waals surface area (Å²) >= 11 is 0. The third kappa shape index (κ3) is 3.27. The lowest BCUT2D eigenvalue weighted by Crippen LogP contribution is -2.13. The van der Waals surface area contributed by atoms with Gasteiger partial charge < -0.3 is 5.32 Å². The third-order valence-electron chi connectivity index (χ3n) is 4.20. The molecule has 0 aliphatic heterocycles. The molecule has 7 heteroatoms. The molecule has 4 rings (SSSR count). The number of aryl methyl sites for hydroxylation is 1. The molecule has 0 saturated carbocycles. The minimum absolute atomic E-state index is 0.0376. The average Bonchev–Trinajstić information content (AvgIpc) is 3.10. The van der Waals surface area contributed by atoms with Gasteiger partial charge in [0.05, 0.1) is 5.69 Å². The first kappa shape index (κ1) is 16.8. The van der Waals surface area contributed by atoms with E-state index in [9.17, 15) is 13.6 Å². The van der Waals surface area contributed by atoms with Crippen molar-refractivity contribution in [3.05, 3.63) is 83.8 Å². The van der Waals surface area contributed by atoms with Crippen LogP contribution in [0, 0.1) is 18.6 Å². The van der Waals surface area contributed by atoms with Gasteiger partial charge in [-0.2, -0.15) is 0 Å². The number of carbonyl (C=O) groups is 1. The minimum atomic E-state index is -1.06. The van der Waals surface area contributed by atoms with Crippen molar-refractivity contribution in [3.63, 3.8) is 0 Å². The fourth-order valence-electron chi connectivity index (χ4n) is 2.72. The van der Waals surface area contributed by atoms with Gasteiger partial charge in [0.1, 0.15) is 0 Å². The van der Waals surface area contributed by atoms with Gasteiger partial charge in [0, 0.05) is 35.4 Å². The first-order chi connectivity index (χ1) is 13.0. The maximum atomic E-state index is 13.4. The number of hydrogen-bond donors (Lipinski definition) is 1. The van der Waals surface area contributed by atoms with Crippen LogP contribution in [0.2, 0.25) is 0 Å². The highest BCUT2D eigenvalue weighted by Crippen LogP contribution is 2.25. The number of nitrogens with one attached hydrogen (secondary N) is 1. The largest absolute Gasteiger partial charge is 0.322 e. The molecule has 27 heavy (non-hydrogen) atoms. The Kier molecular flexibility index (Phi) is 4.12. The molecule has 0 unspecified atom stereocenters. The van der Waals surface area contributed by atoms with Gasteiger partial charge >= 0.3 is 0 Å². The van der Waals surface area contributed by atoms with Crippen LogP contribution in [0.25, 0.3) is 17.0 Å². The van der Waals surface area contributed by atoms with Crippen LogP contribution in [0.5, 0.6) is 0 Å². The number of hydrogen-bond acceptors (Lipinski definition) is 3. The molecule has 2 heterocycles. The molecule has 0 saturated heterocycles. The van der Waals surface area contributed by atoms with E-state index in [1.54, 1.807) is 22.7 Å². The van der Waals surface area contributed by atoms with E-state index in [1.807, 2.05) is 31.5 Å². The Morgan fingerprint density at radius 2 is 1.96 bits per heavy atom. The normalized spacial score (nSPS) is 10.9. The molecular weight excluding hydrogens is 350 g/mol. The van der Waals surface area contributed by atoms with Crippen LogP contribution in [0.15, 0.2) is 61.1 Å². The molecule has 5 nitrogen and oxygen atoms in total. The summed E-state index contributed by atoms with van der Waals surface area (Å²) in [6.45, 7) is 1.84. The summed E-state index contributed by atoms with van der Waals surface area (Å²) in [5.74, 6) is -2.01. The van der Waals surface area contributed by atoms with E-state index in [-0.39, 0.29) is 5.56 Å². The van der Waals surface area contributed by atoms with Crippen LogP contribution >= 0.6 is 0 Å². The quantitative estimate of drug-likeness (QED) is 0.592. The fraction of sp³-hybridized carbons (Fsp3) is 0.0500. The van der Waals surface area contributed by atoms with Gasteiger partial charge in [-0.1, -0.05) is 12.1 Å². The first-order valence-corrected chi connectivity index (χ1v) is 8.18. The Balaban J connectivity index is 1.66. The van der Waals surface area contributed by atoms with Gasteiger partial charge in [0.25, 0.3) is 5.91 Å².